The molecular weight excluding hydrogens is 845 g/mol. The molecule has 4 saturated carbocycles. The number of esters is 2. The first-order valence-electron chi connectivity index (χ1n) is 13.9. The van der Waals surface area contributed by atoms with Crippen LogP contribution in [0.3, 0.4) is 0 Å². The van der Waals surface area contributed by atoms with Gasteiger partial charge < -0.3 is 18.9 Å². The van der Waals surface area contributed by atoms with E-state index in [1.807, 2.05) is 0 Å². The molecule has 0 heterocycles. The lowest BCUT2D eigenvalue weighted by molar-refractivity contribution is -0.630. The van der Waals surface area contributed by atoms with Gasteiger partial charge in [-0.25, -0.2) is 18.4 Å². The molecule has 4 bridgehead atoms. The number of hydrogen-bond acceptors (Lipinski definition) is 6. The molecule has 0 N–H and O–H groups in total. The van der Waals surface area contributed by atoms with Crippen molar-refractivity contribution in [3.8, 4) is 0 Å². The molecule has 0 aromatic heterocycles. The molecule has 0 radical (unpaired) electrons. The van der Waals surface area contributed by atoms with Crippen molar-refractivity contribution in [3.05, 3.63) is 25.3 Å². The Labute approximate surface area is 288 Å². The summed E-state index contributed by atoms with van der Waals surface area (Å²) in [6.07, 6.45) is -18.5. The smallest absolute Gasteiger partial charge is 0.457 e. The third kappa shape index (κ3) is 4.66. The van der Waals surface area contributed by atoms with Gasteiger partial charge in [0.05, 0.1) is 19.6 Å². The van der Waals surface area contributed by atoms with Crippen LogP contribution in [0.5, 0.6) is 0 Å². The van der Waals surface area contributed by atoms with Gasteiger partial charge in [-0.05, 0) is 6.92 Å². The predicted molar refractivity (Wildman–Crippen MR) is 126 cm³/mol. The van der Waals surface area contributed by atoms with Gasteiger partial charge in [0.1, 0.15) is 12.2 Å². The maximum Gasteiger partial charge on any atom is 0.460 e. The zero-order valence-corrected chi connectivity index (χ0v) is 26.0. The molecule has 0 aromatic rings. The number of alkyl halides is 23. The fraction of sp³-hybridized carbons (Fsp3) is 0.769. The van der Waals surface area contributed by atoms with Gasteiger partial charge in [-0.1, -0.05) is 13.2 Å². The summed E-state index contributed by atoms with van der Waals surface area (Å²) in [5.41, 5.74) is -31.5. The normalized spacial score (nSPS) is 33.7. The number of halogens is 23. The quantitative estimate of drug-likeness (QED) is 0.101. The second kappa shape index (κ2) is 12.1. The van der Waals surface area contributed by atoms with Crippen LogP contribution in [0.25, 0.3) is 0 Å². The molecule has 318 valence electrons. The topological polar surface area (TPSA) is 71.1 Å². The van der Waals surface area contributed by atoms with Gasteiger partial charge >= 0.3 is 82.8 Å². The van der Waals surface area contributed by atoms with Crippen LogP contribution in [0.15, 0.2) is 25.3 Å². The van der Waals surface area contributed by atoms with Gasteiger partial charge in [0.25, 0.3) is 11.2 Å². The zero-order chi connectivity index (χ0) is 43.7. The minimum absolute atomic E-state index is 0.149. The van der Waals surface area contributed by atoms with Crippen molar-refractivity contribution < 1.29 is 130 Å². The first kappa shape index (κ1) is 46.1. The Morgan fingerprint density at radius 3 is 1.24 bits per heavy atom. The number of carbonyl (C=O) groups excluding carboxylic acids is 2. The Hall–Kier alpha value is -3.27. The number of rotatable bonds is 14. The van der Waals surface area contributed by atoms with E-state index in [-0.39, 0.29) is 19.1 Å². The fourth-order valence-corrected chi connectivity index (χ4v) is 6.27. The Kier molecular flexibility index (Phi) is 10.2. The van der Waals surface area contributed by atoms with Crippen LogP contribution < -0.4 is 0 Å². The first-order valence-corrected chi connectivity index (χ1v) is 13.9. The van der Waals surface area contributed by atoms with E-state index in [2.05, 4.69) is 32.1 Å². The van der Waals surface area contributed by atoms with Crippen LogP contribution in [-0.2, 0) is 28.5 Å². The van der Waals surface area contributed by atoms with E-state index in [0.717, 1.165) is 0 Å². The average molecular weight is 862 g/mol. The Balaban J connectivity index is 2.40. The third-order valence-corrected chi connectivity index (χ3v) is 8.90. The number of hydrogen-bond donors (Lipinski definition) is 0. The van der Waals surface area contributed by atoms with E-state index in [1.54, 1.807) is 0 Å². The van der Waals surface area contributed by atoms with Gasteiger partial charge in [0, 0.05) is 12.2 Å². The maximum absolute atomic E-state index is 16.3. The summed E-state index contributed by atoms with van der Waals surface area (Å²) in [5, 5.41) is 0. The van der Waals surface area contributed by atoms with Crippen LogP contribution in [0.1, 0.15) is 13.3 Å². The van der Waals surface area contributed by atoms with Crippen molar-refractivity contribution in [2.24, 2.45) is 0 Å². The molecule has 4 aliphatic rings. The average Bonchev–Trinajstić information content (AvgIpc) is 3.00. The largest absolute Gasteiger partial charge is 0.460 e. The molecule has 4 fully saturated rings. The SMILES string of the molecule is C=CC(=O)OC(C)COC12C(F)(F)C3(F)C(F)(F)C(F)(C1(F)F)C(F)(F)C(OCC(CC(F)(F)C(F)(F)C(F)(F)C(F)(F)F)OC(=O)C=C)(C3(F)F)C2(F)F. The minimum Gasteiger partial charge on any atom is -0.457 e. The molecule has 0 saturated heterocycles. The van der Waals surface area contributed by atoms with E-state index in [0.29, 0.717) is 0 Å². The molecule has 4 atom stereocenters. The summed E-state index contributed by atoms with van der Waals surface area (Å²) >= 11 is 0. The van der Waals surface area contributed by atoms with Gasteiger partial charge in [-0.2, -0.15) is 92.2 Å². The first-order chi connectivity index (χ1) is 24.1. The van der Waals surface area contributed by atoms with Crippen molar-refractivity contribution in [1.29, 1.82) is 0 Å². The van der Waals surface area contributed by atoms with E-state index < -0.39 is 126 Å². The molecule has 4 unspecified atom stereocenters. The molecule has 4 rings (SSSR count). The van der Waals surface area contributed by atoms with Crippen LogP contribution in [0, 0.1) is 0 Å². The number of carbonyl (C=O) groups is 2. The highest BCUT2D eigenvalue weighted by atomic mass is 19.4. The van der Waals surface area contributed by atoms with Crippen molar-refractivity contribution in [3.63, 3.8) is 0 Å². The summed E-state index contributed by atoms with van der Waals surface area (Å²) < 4.78 is 356. The van der Waals surface area contributed by atoms with Gasteiger partial charge in [0.2, 0.25) is 0 Å². The highest BCUT2D eigenvalue weighted by molar-refractivity contribution is 5.81. The lowest BCUT2D eigenvalue weighted by atomic mass is 9.39. The van der Waals surface area contributed by atoms with E-state index in [4.69, 9.17) is 0 Å². The highest BCUT2D eigenvalue weighted by Gasteiger charge is 3.23. The van der Waals surface area contributed by atoms with Crippen molar-refractivity contribution in [2.75, 3.05) is 13.2 Å². The van der Waals surface area contributed by atoms with Crippen LogP contribution in [-0.4, -0.2) is 119 Å². The Morgan fingerprint density at radius 1 is 0.545 bits per heavy atom. The molecule has 0 aromatic carbocycles. The van der Waals surface area contributed by atoms with Crippen molar-refractivity contribution in [2.45, 2.75) is 108 Å². The maximum atomic E-state index is 16.3. The number of ether oxygens (including phenoxy) is 4. The molecule has 4 aliphatic carbocycles. The summed E-state index contributed by atoms with van der Waals surface area (Å²) in [6.45, 7) is -0.777. The molecule has 0 spiro atoms. The molecule has 0 amide bonds. The van der Waals surface area contributed by atoms with Gasteiger partial charge in [-0.3, -0.25) is 0 Å². The molecule has 29 heteroatoms. The monoisotopic (exact) mass is 862 g/mol. The van der Waals surface area contributed by atoms with Crippen molar-refractivity contribution in [1.82, 2.24) is 0 Å². The standard InChI is InChI=1S/C26H17F23O6/c1-4-11(50)54-9(3)7-52-16-20(35,36)14(29)19(33,34)15(30,21(16,37)38)23(41,42)17(22(14,39)40,24(16,43)44)53-8-10(55-12(51)5-2)6-13(27,28)18(31,32)25(45,46)26(47,48)49/h4-5,9-10H,1-2,6-8H2,3H3. The van der Waals surface area contributed by atoms with Crippen LogP contribution in [0.4, 0.5) is 101 Å². The lowest BCUT2D eigenvalue weighted by Gasteiger charge is -2.76. The molecular formula is C26H17F23O6. The second-order valence-corrected chi connectivity index (χ2v) is 12.0. The van der Waals surface area contributed by atoms with Crippen LogP contribution in [0.2, 0.25) is 0 Å². The highest BCUT2D eigenvalue weighted by Crippen LogP contribution is 2.88. The van der Waals surface area contributed by atoms with Gasteiger partial charge in [0.15, 0.2) is 0 Å². The molecule has 6 nitrogen and oxygen atoms in total. The lowest BCUT2D eigenvalue weighted by Crippen LogP contribution is -3.11. The van der Waals surface area contributed by atoms with Crippen LogP contribution >= 0.6 is 0 Å². The minimum atomic E-state index is -8.29. The summed E-state index contributed by atoms with van der Waals surface area (Å²) in [7, 11) is 0. The molecule has 0 aliphatic heterocycles. The second-order valence-electron chi connectivity index (χ2n) is 12.0. The zero-order valence-electron chi connectivity index (χ0n) is 26.0. The summed E-state index contributed by atoms with van der Waals surface area (Å²) in [4.78, 5) is 22.9. The molecule has 55 heavy (non-hydrogen) atoms. The summed E-state index contributed by atoms with van der Waals surface area (Å²) in [5.74, 6) is -76.1. The van der Waals surface area contributed by atoms with Gasteiger partial charge in [-0.15, -0.1) is 0 Å². The Morgan fingerprint density at radius 2 is 0.891 bits per heavy atom. The van der Waals surface area contributed by atoms with E-state index in [1.165, 1.54) is 0 Å². The summed E-state index contributed by atoms with van der Waals surface area (Å²) in [6, 6.07) is 0. The third-order valence-electron chi connectivity index (χ3n) is 8.90. The predicted octanol–water partition coefficient (Wildman–Crippen LogP) is 7.84. The van der Waals surface area contributed by atoms with E-state index in [9.17, 15) is 49.1 Å². The Bertz CT molecular complexity index is 1550. The van der Waals surface area contributed by atoms with E-state index >= 15 is 61.5 Å². The fourth-order valence-electron chi connectivity index (χ4n) is 6.27. The van der Waals surface area contributed by atoms with Crippen molar-refractivity contribution >= 4 is 11.9 Å².